The molecule has 7 heteroatoms. The number of para-hydroxylation sites is 1. The lowest BCUT2D eigenvalue weighted by atomic mass is 10.2. The van der Waals surface area contributed by atoms with Gasteiger partial charge in [-0.05, 0) is 42.7 Å². The molecule has 1 aliphatic heterocycles. The summed E-state index contributed by atoms with van der Waals surface area (Å²) in [5.74, 6) is 3.67. The minimum Gasteiger partial charge on any atom is -0.486 e. The Hall–Kier alpha value is -2.18. The molecule has 0 N–H and O–H groups in total. The maximum atomic E-state index is 6.36. The summed E-state index contributed by atoms with van der Waals surface area (Å²) in [6.07, 6.45) is 2.38. The fourth-order valence-corrected chi connectivity index (χ4v) is 4.37. The second-order valence-corrected chi connectivity index (χ2v) is 8.03. The monoisotopic (exact) mass is 399 g/mol. The molecule has 138 valence electrons. The van der Waals surface area contributed by atoms with E-state index in [2.05, 4.69) is 26.9 Å². The Kier molecular flexibility index (Phi) is 4.45. The summed E-state index contributed by atoms with van der Waals surface area (Å²) in [5.41, 5.74) is 2.18. The van der Waals surface area contributed by atoms with Crippen LogP contribution in [-0.2, 0) is 5.75 Å². The van der Waals surface area contributed by atoms with Gasteiger partial charge < -0.3 is 9.47 Å². The van der Waals surface area contributed by atoms with Crippen molar-refractivity contribution in [2.75, 3.05) is 13.2 Å². The summed E-state index contributed by atoms with van der Waals surface area (Å²) < 4.78 is 13.5. The molecule has 1 aromatic heterocycles. The van der Waals surface area contributed by atoms with Gasteiger partial charge in [-0.25, -0.2) is 0 Å². The standard InChI is InChI=1S/C20H18ClN3O2S/c21-16-10-13(11-17-18(16)26-9-8-25-17)12-27-20-23-22-19(14-6-7-14)24(20)15-4-2-1-3-5-15/h1-5,10-11,14H,6-9,12H2. The number of nitrogens with zero attached hydrogens (tertiary/aromatic N) is 3. The number of benzene rings is 2. The molecule has 2 aliphatic rings. The normalized spacial score (nSPS) is 15.7. The van der Waals surface area contributed by atoms with E-state index in [9.17, 15) is 0 Å². The molecule has 1 saturated carbocycles. The van der Waals surface area contributed by atoms with E-state index >= 15 is 0 Å². The van der Waals surface area contributed by atoms with Gasteiger partial charge in [0.25, 0.3) is 0 Å². The van der Waals surface area contributed by atoms with Crippen molar-refractivity contribution >= 4 is 23.4 Å². The van der Waals surface area contributed by atoms with Crippen LogP contribution in [0.5, 0.6) is 11.5 Å². The molecule has 0 unspecified atom stereocenters. The van der Waals surface area contributed by atoms with Gasteiger partial charge in [0.1, 0.15) is 19.0 Å². The van der Waals surface area contributed by atoms with Gasteiger partial charge in [-0.1, -0.05) is 41.6 Å². The molecule has 3 aromatic rings. The quantitative estimate of drug-likeness (QED) is 0.573. The largest absolute Gasteiger partial charge is 0.486 e. The first-order chi connectivity index (χ1) is 13.3. The molecule has 5 nitrogen and oxygen atoms in total. The van der Waals surface area contributed by atoms with Crippen molar-refractivity contribution < 1.29 is 9.47 Å². The van der Waals surface area contributed by atoms with Gasteiger partial charge in [0.15, 0.2) is 16.7 Å². The Balaban J connectivity index is 1.43. The lowest BCUT2D eigenvalue weighted by molar-refractivity contribution is 0.171. The Bertz CT molecular complexity index is 973. The van der Waals surface area contributed by atoms with Gasteiger partial charge in [0, 0.05) is 17.4 Å². The summed E-state index contributed by atoms with van der Waals surface area (Å²) in [7, 11) is 0. The number of aromatic nitrogens is 3. The number of hydrogen-bond acceptors (Lipinski definition) is 5. The SMILES string of the molecule is Clc1cc(CSc2nnc(C3CC3)n2-c2ccccc2)cc2c1OCCO2. The van der Waals surface area contributed by atoms with E-state index < -0.39 is 0 Å². The third kappa shape index (κ3) is 3.39. The lowest BCUT2D eigenvalue weighted by Gasteiger charge is -2.20. The summed E-state index contributed by atoms with van der Waals surface area (Å²) in [4.78, 5) is 0. The first kappa shape index (κ1) is 17.0. The van der Waals surface area contributed by atoms with Crippen molar-refractivity contribution in [1.82, 2.24) is 14.8 Å². The highest BCUT2D eigenvalue weighted by atomic mass is 35.5. The van der Waals surface area contributed by atoms with Crippen LogP contribution in [0, 0.1) is 0 Å². The van der Waals surface area contributed by atoms with Gasteiger partial charge in [-0.3, -0.25) is 4.57 Å². The van der Waals surface area contributed by atoms with Gasteiger partial charge in [0.2, 0.25) is 0 Å². The average Bonchev–Trinajstić information content (AvgIpc) is 3.46. The highest BCUT2D eigenvalue weighted by molar-refractivity contribution is 7.98. The maximum absolute atomic E-state index is 6.36. The summed E-state index contributed by atoms with van der Waals surface area (Å²) >= 11 is 8.02. The molecule has 0 radical (unpaired) electrons. The van der Waals surface area contributed by atoms with Gasteiger partial charge >= 0.3 is 0 Å². The Morgan fingerprint density at radius 3 is 2.70 bits per heavy atom. The molecule has 1 fully saturated rings. The summed E-state index contributed by atoms with van der Waals surface area (Å²) in [6, 6.07) is 14.2. The minimum atomic E-state index is 0.524. The zero-order valence-electron chi connectivity index (χ0n) is 14.6. The highest BCUT2D eigenvalue weighted by Crippen LogP contribution is 2.42. The molecule has 5 rings (SSSR count). The number of halogens is 1. The van der Waals surface area contributed by atoms with Crippen molar-refractivity contribution in [3.8, 4) is 17.2 Å². The molecule has 0 atom stereocenters. The third-order valence-electron chi connectivity index (χ3n) is 4.64. The first-order valence-corrected chi connectivity index (χ1v) is 10.4. The van der Waals surface area contributed by atoms with Crippen LogP contribution >= 0.6 is 23.4 Å². The van der Waals surface area contributed by atoms with Crippen molar-refractivity contribution in [2.24, 2.45) is 0 Å². The minimum absolute atomic E-state index is 0.524. The molecule has 2 aromatic carbocycles. The molecule has 27 heavy (non-hydrogen) atoms. The predicted molar refractivity (Wildman–Crippen MR) is 105 cm³/mol. The molecule has 0 saturated heterocycles. The van der Waals surface area contributed by atoms with Crippen LogP contribution in [0.15, 0.2) is 47.6 Å². The zero-order valence-corrected chi connectivity index (χ0v) is 16.2. The van der Waals surface area contributed by atoms with Crippen LogP contribution in [0.3, 0.4) is 0 Å². The Morgan fingerprint density at radius 2 is 1.89 bits per heavy atom. The molecular weight excluding hydrogens is 382 g/mol. The van der Waals surface area contributed by atoms with E-state index in [1.165, 1.54) is 12.8 Å². The number of rotatable bonds is 5. The molecule has 0 spiro atoms. The van der Waals surface area contributed by atoms with E-state index in [4.69, 9.17) is 21.1 Å². The topological polar surface area (TPSA) is 49.2 Å². The number of hydrogen-bond donors (Lipinski definition) is 0. The second-order valence-electron chi connectivity index (χ2n) is 6.68. The molecule has 2 heterocycles. The highest BCUT2D eigenvalue weighted by Gasteiger charge is 2.31. The summed E-state index contributed by atoms with van der Waals surface area (Å²) in [5, 5.41) is 10.4. The van der Waals surface area contributed by atoms with Crippen LogP contribution in [0.1, 0.15) is 30.1 Å². The summed E-state index contributed by atoms with van der Waals surface area (Å²) in [6.45, 7) is 1.08. The van der Waals surface area contributed by atoms with Gasteiger partial charge in [0.05, 0.1) is 5.02 Å². The van der Waals surface area contributed by atoms with E-state index in [0.29, 0.717) is 35.7 Å². The van der Waals surface area contributed by atoms with E-state index in [1.54, 1.807) is 11.8 Å². The van der Waals surface area contributed by atoms with Crippen LogP contribution in [-0.4, -0.2) is 28.0 Å². The number of ether oxygens (including phenoxy) is 2. The molecular formula is C20H18ClN3O2S. The van der Waals surface area contributed by atoms with Crippen molar-refractivity contribution in [1.29, 1.82) is 0 Å². The first-order valence-electron chi connectivity index (χ1n) is 9.01. The van der Waals surface area contributed by atoms with Crippen molar-refractivity contribution in [3.63, 3.8) is 0 Å². The van der Waals surface area contributed by atoms with Gasteiger partial charge in [-0.15, -0.1) is 10.2 Å². The van der Waals surface area contributed by atoms with Gasteiger partial charge in [-0.2, -0.15) is 0 Å². The lowest BCUT2D eigenvalue weighted by Crippen LogP contribution is -2.15. The zero-order chi connectivity index (χ0) is 18.2. The van der Waals surface area contributed by atoms with Crippen LogP contribution in [0.4, 0.5) is 0 Å². The van der Waals surface area contributed by atoms with Crippen molar-refractivity contribution in [2.45, 2.75) is 29.7 Å². The Morgan fingerprint density at radius 1 is 1.07 bits per heavy atom. The van der Waals surface area contributed by atoms with E-state index in [1.807, 2.05) is 30.3 Å². The number of fused-ring (bicyclic) bond motifs is 1. The van der Waals surface area contributed by atoms with Crippen LogP contribution in [0.25, 0.3) is 5.69 Å². The van der Waals surface area contributed by atoms with E-state index in [-0.39, 0.29) is 0 Å². The van der Waals surface area contributed by atoms with Crippen LogP contribution in [0.2, 0.25) is 5.02 Å². The predicted octanol–water partition coefficient (Wildman–Crippen LogP) is 4.86. The van der Waals surface area contributed by atoms with E-state index in [0.717, 1.165) is 28.0 Å². The third-order valence-corrected chi connectivity index (χ3v) is 5.92. The number of thioether (sulfide) groups is 1. The maximum Gasteiger partial charge on any atom is 0.196 e. The molecule has 0 bridgehead atoms. The van der Waals surface area contributed by atoms with Crippen LogP contribution < -0.4 is 9.47 Å². The Labute approximate surface area is 166 Å². The smallest absolute Gasteiger partial charge is 0.196 e. The molecule has 1 aliphatic carbocycles. The van der Waals surface area contributed by atoms with Crippen molar-refractivity contribution in [3.05, 3.63) is 58.9 Å². The second kappa shape index (κ2) is 7.09. The molecule has 0 amide bonds. The average molecular weight is 400 g/mol. The fourth-order valence-electron chi connectivity index (χ4n) is 3.20. The fraction of sp³-hybridized carbons (Fsp3) is 0.300.